The van der Waals surface area contributed by atoms with E-state index in [-0.39, 0.29) is 5.91 Å². The number of anilines is 1. The molecule has 28 heavy (non-hydrogen) atoms. The summed E-state index contributed by atoms with van der Waals surface area (Å²) in [5.74, 6) is -0.0783. The van der Waals surface area contributed by atoms with E-state index in [4.69, 9.17) is 14.2 Å². The molecular formula is C22H21NO5. The van der Waals surface area contributed by atoms with Gasteiger partial charge in [0.15, 0.2) is 17.6 Å². The van der Waals surface area contributed by atoms with E-state index in [2.05, 4.69) is 5.32 Å². The number of ether oxygens (including phenoxy) is 3. The Hall–Kier alpha value is -3.54. The molecule has 3 aromatic carbocycles. The Labute approximate surface area is 163 Å². The van der Waals surface area contributed by atoms with Crippen molar-refractivity contribution in [2.45, 2.75) is 13.0 Å². The molecule has 1 atom stereocenters. The molecule has 0 aliphatic carbocycles. The monoisotopic (exact) mass is 379 g/mol. The molecule has 0 fully saturated rings. The molecule has 144 valence electrons. The number of carbonyl (C=O) groups is 2. The Kier molecular flexibility index (Phi) is 5.79. The molecule has 1 amide bonds. The number of benzene rings is 3. The lowest BCUT2D eigenvalue weighted by atomic mass is 10.1. The molecule has 0 aromatic heterocycles. The van der Waals surface area contributed by atoms with Crippen LogP contribution in [0, 0.1) is 0 Å². The van der Waals surface area contributed by atoms with Gasteiger partial charge in [0.25, 0.3) is 5.91 Å². The zero-order chi connectivity index (χ0) is 20.1. The largest absolute Gasteiger partial charge is 0.493 e. The van der Waals surface area contributed by atoms with Gasteiger partial charge in [-0.3, -0.25) is 4.79 Å². The van der Waals surface area contributed by atoms with Crippen molar-refractivity contribution in [3.63, 3.8) is 0 Å². The standard InChI is InChI=1S/C22H21NO5/c1-14(28-19-12-11-16(22(25)27-3)13-20(19)26-2)21(24)23-18-10-6-8-15-7-4-5-9-17(15)18/h4-14H,1-3H3,(H,23,24)/t14-/m1/s1. The number of rotatable bonds is 6. The Bertz CT molecular complexity index is 1010. The van der Waals surface area contributed by atoms with E-state index in [1.807, 2.05) is 42.5 Å². The third-order valence-electron chi connectivity index (χ3n) is 4.31. The molecule has 0 bridgehead atoms. The van der Waals surface area contributed by atoms with Gasteiger partial charge in [0.05, 0.1) is 19.8 Å². The van der Waals surface area contributed by atoms with Gasteiger partial charge >= 0.3 is 5.97 Å². The van der Waals surface area contributed by atoms with Crippen LogP contribution in [0.5, 0.6) is 11.5 Å². The van der Waals surface area contributed by atoms with Crippen molar-refractivity contribution in [3.8, 4) is 11.5 Å². The minimum absolute atomic E-state index is 0.296. The fraction of sp³-hybridized carbons (Fsp3) is 0.182. The highest BCUT2D eigenvalue weighted by molar-refractivity contribution is 6.03. The van der Waals surface area contributed by atoms with E-state index >= 15 is 0 Å². The minimum Gasteiger partial charge on any atom is -0.493 e. The summed E-state index contributed by atoms with van der Waals surface area (Å²) in [6.07, 6.45) is -0.781. The topological polar surface area (TPSA) is 73.9 Å². The number of amides is 1. The van der Waals surface area contributed by atoms with Crippen LogP contribution in [0.25, 0.3) is 10.8 Å². The lowest BCUT2D eigenvalue weighted by molar-refractivity contribution is -0.122. The molecule has 3 rings (SSSR count). The summed E-state index contributed by atoms with van der Waals surface area (Å²) in [6, 6.07) is 18.2. The fourth-order valence-corrected chi connectivity index (χ4v) is 2.82. The molecule has 0 saturated heterocycles. The van der Waals surface area contributed by atoms with Crippen molar-refractivity contribution in [1.29, 1.82) is 0 Å². The molecule has 0 saturated carbocycles. The molecule has 0 spiro atoms. The van der Waals surface area contributed by atoms with Crippen LogP contribution in [-0.4, -0.2) is 32.2 Å². The van der Waals surface area contributed by atoms with Gasteiger partial charge in [0, 0.05) is 11.1 Å². The molecule has 6 heteroatoms. The first-order valence-corrected chi connectivity index (χ1v) is 8.75. The highest BCUT2D eigenvalue weighted by atomic mass is 16.5. The van der Waals surface area contributed by atoms with Crippen LogP contribution in [-0.2, 0) is 9.53 Å². The van der Waals surface area contributed by atoms with Crippen molar-refractivity contribution in [1.82, 2.24) is 0 Å². The van der Waals surface area contributed by atoms with Crippen molar-refractivity contribution < 1.29 is 23.8 Å². The first-order chi connectivity index (χ1) is 13.5. The van der Waals surface area contributed by atoms with Crippen LogP contribution >= 0.6 is 0 Å². The predicted molar refractivity (Wildman–Crippen MR) is 107 cm³/mol. The zero-order valence-corrected chi connectivity index (χ0v) is 15.9. The maximum absolute atomic E-state index is 12.6. The third kappa shape index (κ3) is 4.06. The molecule has 3 aromatic rings. The normalized spacial score (nSPS) is 11.5. The first kappa shape index (κ1) is 19.2. The lowest BCUT2D eigenvalue weighted by Crippen LogP contribution is -2.30. The molecule has 0 aliphatic rings. The average Bonchev–Trinajstić information content (AvgIpc) is 2.73. The van der Waals surface area contributed by atoms with Crippen LogP contribution in [0.2, 0.25) is 0 Å². The molecular weight excluding hydrogens is 358 g/mol. The zero-order valence-electron chi connectivity index (χ0n) is 15.9. The molecule has 0 radical (unpaired) electrons. The highest BCUT2D eigenvalue weighted by Crippen LogP contribution is 2.30. The summed E-state index contributed by atoms with van der Waals surface area (Å²) in [4.78, 5) is 24.3. The number of hydrogen-bond acceptors (Lipinski definition) is 5. The van der Waals surface area contributed by atoms with Crippen molar-refractivity contribution in [3.05, 3.63) is 66.2 Å². The summed E-state index contributed by atoms with van der Waals surface area (Å²) < 4.78 is 15.7. The number of esters is 1. The third-order valence-corrected chi connectivity index (χ3v) is 4.31. The number of fused-ring (bicyclic) bond motifs is 1. The molecule has 0 unspecified atom stereocenters. The Morgan fingerprint density at radius 1 is 0.929 bits per heavy atom. The lowest BCUT2D eigenvalue weighted by Gasteiger charge is -2.18. The summed E-state index contributed by atoms with van der Waals surface area (Å²) in [7, 11) is 2.77. The Morgan fingerprint density at radius 2 is 1.68 bits per heavy atom. The van der Waals surface area contributed by atoms with Gasteiger partial charge in [-0.05, 0) is 36.6 Å². The summed E-state index contributed by atoms with van der Waals surface area (Å²) in [5, 5.41) is 4.89. The van der Waals surface area contributed by atoms with Gasteiger partial charge in [-0.2, -0.15) is 0 Å². The summed E-state index contributed by atoms with van der Waals surface area (Å²) >= 11 is 0. The van der Waals surface area contributed by atoms with Crippen LogP contribution in [0.3, 0.4) is 0 Å². The number of methoxy groups -OCH3 is 2. The van der Waals surface area contributed by atoms with E-state index in [1.54, 1.807) is 19.1 Å². The summed E-state index contributed by atoms with van der Waals surface area (Å²) in [6.45, 7) is 1.65. The SMILES string of the molecule is COC(=O)c1ccc(O[C@H](C)C(=O)Nc2cccc3ccccc23)c(OC)c1. The summed E-state index contributed by atoms with van der Waals surface area (Å²) in [5.41, 5.74) is 1.05. The van der Waals surface area contributed by atoms with E-state index in [0.717, 1.165) is 10.8 Å². The van der Waals surface area contributed by atoms with Gasteiger partial charge in [-0.1, -0.05) is 36.4 Å². The minimum atomic E-state index is -0.781. The predicted octanol–water partition coefficient (Wildman–Crippen LogP) is 4.04. The van der Waals surface area contributed by atoms with Crippen LogP contribution in [0.1, 0.15) is 17.3 Å². The quantitative estimate of drug-likeness (QED) is 0.654. The van der Waals surface area contributed by atoms with Gasteiger partial charge in [-0.25, -0.2) is 4.79 Å². The first-order valence-electron chi connectivity index (χ1n) is 8.75. The van der Waals surface area contributed by atoms with Crippen molar-refractivity contribution >= 4 is 28.3 Å². The van der Waals surface area contributed by atoms with Gasteiger partial charge < -0.3 is 19.5 Å². The van der Waals surface area contributed by atoms with Crippen LogP contribution in [0.15, 0.2) is 60.7 Å². The highest BCUT2D eigenvalue weighted by Gasteiger charge is 2.19. The van der Waals surface area contributed by atoms with E-state index in [9.17, 15) is 9.59 Å². The number of carbonyl (C=O) groups excluding carboxylic acids is 2. The Morgan fingerprint density at radius 3 is 2.43 bits per heavy atom. The van der Waals surface area contributed by atoms with Gasteiger partial charge in [0.2, 0.25) is 0 Å². The Balaban J connectivity index is 1.76. The van der Waals surface area contributed by atoms with E-state index in [1.165, 1.54) is 20.3 Å². The average molecular weight is 379 g/mol. The smallest absolute Gasteiger partial charge is 0.337 e. The number of nitrogens with one attached hydrogen (secondary N) is 1. The van der Waals surface area contributed by atoms with E-state index in [0.29, 0.717) is 22.7 Å². The van der Waals surface area contributed by atoms with Crippen molar-refractivity contribution in [2.24, 2.45) is 0 Å². The van der Waals surface area contributed by atoms with Gasteiger partial charge in [-0.15, -0.1) is 0 Å². The second-order valence-corrected chi connectivity index (χ2v) is 6.13. The second kappa shape index (κ2) is 8.43. The number of hydrogen-bond donors (Lipinski definition) is 1. The fourth-order valence-electron chi connectivity index (χ4n) is 2.82. The molecule has 1 N–H and O–H groups in total. The van der Waals surface area contributed by atoms with Crippen molar-refractivity contribution in [2.75, 3.05) is 19.5 Å². The van der Waals surface area contributed by atoms with E-state index < -0.39 is 12.1 Å². The maximum Gasteiger partial charge on any atom is 0.337 e. The van der Waals surface area contributed by atoms with Gasteiger partial charge in [0.1, 0.15) is 0 Å². The molecule has 0 aliphatic heterocycles. The van der Waals surface area contributed by atoms with Crippen LogP contribution < -0.4 is 14.8 Å². The molecule has 0 heterocycles. The second-order valence-electron chi connectivity index (χ2n) is 6.13. The molecule has 6 nitrogen and oxygen atoms in total. The van der Waals surface area contributed by atoms with Crippen LogP contribution in [0.4, 0.5) is 5.69 Å². The maximum atomic E-state index is 12.6.